The second-order valence-corrected chi connectivity index (χ2v) is 8.10. The van der Waals surface area contributed by atoms with E-state index in [1.54, 1.807) is 4.90 Å². The number of para-hydroxylation sites is 1. The zero-order valence-electron chi connectivity index (χ0n) is 16.8. The van der Waals surface area contributed by atoms with Crippen LogP contribution in [0.3, 0.4) is 0 Å². The van der Waals surface area contributed by atoms with E-state index in [2.05, 4.69) is 36.2 Å². The average molecular weight is 387 g/mol. The summed E-state index contributed by atoms with van der Waals surface area (Å²) in [5.41, 5.74) is 5.46. The second-order valence-electron chi connectivity index (χ2n) is 8.10. The van der Waals surface area contributed by atoms with Crippen molar-refractivity contribution in [2.75, 3.05) is 13.1 Å². The minimum absolute atomic E-state index is 0.0283. The van der Waals surface area contributed by atoms with Crippen molar-refractivity contribution in [2.24, 2.45) is 0 Å². The molecule has 2 amide bonds. The van der Waals surface area contributed by atoms with E-state index < -0.39 is 6.04 Å². The number of aromatic nitrogens is 1. The number of nitrogens with one attached hydrogen (secondary N) is 1. The van der Waals surface area contributed by atoms with Crippen molar-refractivity contribution in [1.82, 2.24) is 14.8 Å². The van der Waals surface area contributed by atoms with Gasteiger partial charge in [0, 0.05) is 29.6 Å². The number of rotatable bonds is 3. The van der Waals surface area contributed by atoms with Gasteiger partial charge in [0.25, 0.3) is 0 Å². The molecule has 0 spiro atoms. The normalized spacial score (nSPS) is 21.4. The molecular weight excluding hydrogens is 362 g/mol. The van der Waals surface area contributed by atoms with Crippen LogP contribution >= 0.6 is 0 Å². The van der Waals surface area contributed by atoms with Crippen LogP contribution in [0, 0.1) is 6.92 Å². The van der Waals surface area contributed by atoms with Gasteiger partial charge in [0.15, 0.2) is 0 Å². The lowest BCUT2D eigenvalue weighted by molar-refractivity contribution is -0.158. The zero-order valence-corrected chi connectivity index (χ0v) is 16.8. The fourth-order valence-corrected chi connectivity index (χ4v) is 5.00. The summed E-state index contributed by atoms with van der Waals surface area (Å²) in [6.07, 6.45) is 1.41. The second kappa shape index (κ2) is 6.76. The monoisotopic (exact) mass is 387 g/mol. The maximum atomic E-state index is 13.3. The molecule has 0 radical (unpaired) electrons. The van der Waals surface area contributed by atoms with Crippen molar-refractivity contribution in [3.05, 3.63) is 70.9 Å². The molecule has 3 heterocycles. The van der Waals surface area contributed by atoms with E-state index in [4.69, 9.17) is 0 Å². The standard InChI is InChI=1S/C24H25N3O2/c1-3-12-26-14-21(28)27-20(24(26)29)13-18-17-10-6-7-11-19(17)25-22(18)23(27)16-9-5-4-8-15(16)2/h4-11,20,23,25H,3,12-14H2,1-2H3/t20-,23+/m0/s1. The van der Waals surface area contributed by atoms with E-state index in [9.17, 15) is 9.59 Å². The Hall–Kier alpha value is -3.08. The van der Waals surface area contributed by atoms with Gasteiger partial charge in [-0.1, -0.05) is 49.4 Å². The first-order chi connectivity index (χ1) is 14.1. The molecule has 5 heteroatoms. The van der Waals surface area contributed by atoms with Gasteiger partial charge < -0.3 is 14.8 Å². The topological polar surface area (TPSA) is 56.4 Å². The van der Waals surface area contributed by atoms with E-state index in [0.717, 1.165) is 39.7 Å². The molecule has 2 aliphatic rings. The van der Waals surface area contributed by atoms with Gasteiger partial charge in [0.2, 0.25) is 11.8 Å². The predicted molar refractivity (Wildman–Crippen MR) is 113 cm³/mol. The van der Waals surface area contributed by atoms with E-state index in [0.29, 0.717) is 13.0 Å². The van der Waals surface area contributed by atoms with Gasteiger partial charge in [0.1, 0.15) is 6.04 Å². The number of carbonyl (C=O) groups is 2. The first-order valence-electron chi connectivity index (χ1n) is 10.3. The molecule has 5 rings (SSSR count). The Morgan fingerprint density at radius 2 is 1.83 bits per heavy atom. The number of amides is 2. The molecule has 1 saturated heterocycles. The fourth-order valence-electron chi connectivity index (χ4n) is 5.00. The highest BCUT2D eigenvalue weighted by Gasteiger charge is 2.48. The molecule has 3 aromatic rings. The van der Waals surface area contributed by atoms with Crippen LogP contribution in [-0.2, 0) is 16.0 Å². The number of fused-ring (bicyclic) bond motifs is 4. The lowest BCUT2D eigenvalue weighted by Crippen LogP contribution is -2.63. The predicted octanol–water partition coefficient (Wildman–Crippen LogP) is 3.57. The number of piperazine rings is 1. The van der Waals surface area contributed by atoms with E-state index in [1.165, 1.54) is 0 Å². The zero-order chi connectivity index (χ0) is 20.1. The average Bonchev–Trinajstić information content (AvgIpc) is 3.09. The highest BCUT2D eigenvalue weighted by atomic mass is 16.2. The van der Waals surface area contributed by atoms with E-state index in [1.807, 2.05) is 36.1 Å². The maximum absolute atomic E-state index is 13.3. The fraction of sp³-hybridized carbons (Fsp3) is 0.333. The Kier molecular flexibility index (Phi) is 4.19. The van der Waals surface area contributed by atoms with Gasteiger partial charge in [-0.3, -0.25) is 9.59 Å². The van der Waals surface area contributed by atoms with Crippen molar-refractivity contribution in [3.8, 4) is 0 Å². The molecule has 2 atom stereocenters. The maximum Gasteiger partial charge on any atom is 0.246 e. The van der Waals surface area contributed by atoms with Crippen LogP contribution < -0.4 is 0 Å². The number of nitrogens with zero attached hydrogens (tertiary/aromatic N) is 2. The molecule has 1 fully saturated rings. The summed E-state index contributed by atoms with van der Waals surface area (Å²) in [4.78, 5) is 33.8. The SMILES string of the molecule is CCCN1CC(=O)N2[C@H](c3ccccc3C)c3[nH]c4ccccc4c3C[C@H]2C1=O. The van der Waals surface area contributed by atoms with Crippen molar-refractivity contribution in [3.63, 3.8) is 0 Å². The highest BCUT2D eigenvalue weighted by molar-refractivity contribution is 5.97. The van der Waals surface area contributed by atoms with Crippen LogP contribution in [-0.4, -0.2) is 45.7 Å². The van der Waals surface area contributed by atoms with Crippen LogP contribution in [0.1, 0.15) is 41.8 Å². The summed E-state index contributed by atoms with van der Waals surface area (Å²) in [5.74, 6) is 0.0987. The first kappa shape index (κ1) is 18.0. The Labute approximate surface area is 170 Å². The lowest BCUT2D eigenvalue weighted by Gasteiger charge is -2.47. The quantitative estimate of drug-likeness (QED) is 0.747. The van der Waals surface area contributed by atoms with Gasteiger partial charge >= 0.3 is 0 Å². The summed E-state index contributed by atoms with van der Waals surface area (Å²) in [5, 5.41) is 1.15. The van der Waals surface area contributed by atoms with Crippen LogP contribution in [0.15, 0.2) is 48.5 Å². The van der Waals surface area contributed by atoms with Crippen molar-refractivity contribution in [2.45, 2.75) is 38.8 Å². The first-order valence-corrected chi connectivity index (χ1v) is 10.3. The van der Waals surface area contributed by atoms with Gasteiger partial charge in [-0.05, 0) is 36.1 Å². The van der Waals surface area contributed by atoms with Gasteiger partial charge in [-0.2, -0.15) is 0 Å². The van der Waals surface area contributed by atoms with Crippen LogP contribution in [0.25, 0.3) is 10.9 Å². The third-order valence-corrected chi connectivity index (χ3v) is 6.32. The van der Waals surface area contributed by atoms with Gasteiger partial charge in [0.05, 0.1) is 12.6 Å². The molecule has 2 aliphatic heterocycles. The molecule has 0 bridgehead atoms. The molecular formula is C24H25N3O2. The summed E-state index contributed by atoms with van der Waals surface area (Å²) in [6, 6.07) is 15.7. The molecule has 5 nitrogen and oxygen atoms in total. The minimum atomic E-state index is -0.445. The molecule has 2 aromatic carbocycles. The molecule has 1 aromatic heterocycles. The Morgan fingerprint density at radius 1 is 1.07 bits per heavy atom. The Balaban J connectivity index is 1.73. The molecule has 0 aliphatic carbocycles. The third kappa shape index (κ3) is 2.68. The summed E-state index contributed by atoms with van der Waals surface area (Å²) < 4.78 is 0. The van der Waals surface area contributed by atoms with Crippen molar-refractivity contribution in [1.29, 1.82) is 0 Å². The Bertz CT molecular complexity index is 1120. The number of hydrogen-bond donors (Lipinski definition) is 1. The Morgan fingerprint density at radius 3 is 2.62 bits per heavy atom. The highest BCUT2D eigenvalue weighted by Crippen LogP contribution is 2.43. The summed E-state index contributed by atoms with van der Waals surface area (Å²) >= 11 is 0. The number of hydrogen-bond acceptors (Lipinski definition) is 2. The van der Waals surface area contributed by atoms with E-state index in [-0.39, 0.29) is 24.4 Å². The van der Waals surface area contributed by atoms with E-state index >= 15 is 0 Å². The number of H-pyrrole nitrogens is 1. The van der Waals surface area contributed by atoms with Crippen LogP contribution in [0.4, 0.5) is 0 Å². The van der Waals surface area contributed by atoms with Gasteiger partial charge in [-0.25, -0.2) is 0 Å². The van der Waals surface area contributed by atoms with Crippen LogP contribution in [0.2, 0.25) is 0 Å². The molecule has 29 heavy (non-hydrogen) atoms. The summed E-state index contributed by atoms with van der Waals surface area (Å²) in [7, 11) is 0. The lowest BCUT2D eigenvalue weighted by atomic mass is 9.85. The molecule has 0 unspecified atom stereocenters. The van der Waals surface area contributed by atoms with Crippen molar-refractivity contribution < 1.29 is 9.59 Å². The largest absolute Gasteiger partial charge is 0.356 e. The molecule has 1 N–H and O–H groups in total. The number of aryl methyl sites for hydroxylation is 1. The smallest absolute Gasteiger partial charge is 0.246 e. The van der Waals surface area contributed by atoms with Crippen LogP contribution in [0.5, 0.6) is 0 Å². The minimum Gasteiger partial charge on any atom is -0.356 e. The third-order valence-electron chi connectivity index (χ3n) is 6.32. The number of aromatic amines is 1. The number of carbonyl (C=O) groups excluding carboxylic acids is 2. The molecule has 148 valence electrons. The van der Waals surface area contributed by atoms with Gasteiger partial charge in [-0.15, -0.1) is 0 Å². The number of benzene rings is 2. The summed E-state index contributed by atoms with van der Waals surface area (Å²) in [6.45, 7) is 4.91. The van der Waals surface area contributed by atoms with Crippen molar-refractivity contribution >= 4 is 22.7 Å². The molecule has 0 saturated carbocycles.